The third kappa shape index (κ3) is 12.0. The van der Waals surface area contributed by atoms with Gasteiger partial charge < -0.3 is 10.1 Å². The van der Waals surface area contributed by atoms with E-state index in [1.165, 1.54) is 7.11 Å². The van der Waals surface area contributed by atoms with Crippen molar-refractivity contribution in [1.29, 1.82) is 0 Å². The lowest BCUT2D eigenvalue weighted by Gasteiger charge is -2.17. The van der Waals surface area contributed by atoms with Crippen molar-refractivity contribution in [3.63, 3.8) is 0 Å². The van der Waals surface area contributed by atoms with Gasteiger partial charge in [0.1, 0.15) is 6.04 Å². The van der Waals surface area contributed by atoms with E-state index in [1.54, 1.807) is 0 Å². The number of halogens is 1. The summed E-state index contributed by atoms with van der Waals surface area (Å²) in [6.45, 7) is 7.15. The number of ether oxygens (including phenoxy) is 1. The fraction of sp³-hybridized carbons (Fsp3) is 0.562. The highest BCUT2D eigenvalue weighted by Gasteiger charge is 2.18. The van der Waals surface area contributed by atoms with Crippen molar-refractivity contribution in [2.24, 2.45) is 5.92 Å². The van der Waals surface area contributed by atoms with Crippen molar-refractivity contribution >= 4 is 18.4 Å². The quantitative estimate of drug-likeness (QED) is 0.815. The predicted molar refractivity (Wildman–Crippen MR) is 87.2 cm³/mol. The second-order valence-corrected chi connectivity index (χ2v) is 4.81. The van der Waals surface area contributed by atoms with Crippen LogP contribution in [0.2, 0.25) is 0 Å². The van der Waals surface area contributed by atoms with Gasteiger partial charge >= 0.3 is 5.97 Å². The molecule has 1 rings (SSSR count). The maximum Gasteiger partial charge on any atom is 0.322 e. The molecule has 1 N–H and O–H groups in total. The van der Waals surface area contributed by atoms with E-state index >= 15 is 0 Å². The summed E-state index contributed by atoms with van der Waals surface area (Å²) in [6, 6.07) is 11.9. The van der Waals surface area contributed by atoms with Crippen LogP contribution in [0.4, 0.5) is 0 Å². The minimum absolute atomic E-state index is 0. The van der Waals surface area contributed by atoms with E-state index in [4.69, 9.17) is 4.74 Å². The molecule has 1 atom stereocenters. The van der Waals surface area contributed by atoms with E-state index in [9.17, 15) is 4.79 Å². The number of esters is 1. The van der Waals surface area contributed by atoms with Crippen molar-refractivity contribution < 1.29 is 9.53 Å². The van der Waals surface area contributed by atoms with Crippen LogP contribution in [0.5, 0.6) is 0 Å². The van der Waals surface area contributed by atoms with Gasteiger partial charge in [0.2, 0.25) is 0 Å². The summed E-state index contributed by atoms with van der Waals surface area (Å²) in [7, 11) is 1.43. The van der Waals surface area contributed by atoms with Gasteiger partial charge in [-0.3, -0.25) is 4.79 Å². The second-order valence-electron chi connectivity index (χ2n) is 4.81. The number of benzene rings is 1. The molecule has 0 bridgehead atoms. The molecule has 4 heteroatoms. The van der Waals surface area contributed by atoms with Crippen molar-refractivity contribution in [2.45, 2.75) is 39.7 Å². The fourth-order valence-electron chi connectivity index (χ4n) is 1.58. The molecule has 1 aromatic rings. The number of hydrogen-bond acceptors (Lipinski definition) is 3. The number of carbonyl (C=O) groups excluding carboxylic acids is 1. The number of nitrogens with one attached hydrogen (secondary N) is 1. The fourth-order valence-corrected chi connectivity index (χ4v) is 1.58. The Hall–Kier alpha value is -1.06. The number of methoxy groups -OCH3 is 1. The molecule has 0 aliphatic carbocycles. The van der Waals surface area contributed by atoms with Crippen LogP contribution in [0.25, 0.3) is 0 Å². The number of rotatable bonds is 6. The number of carbonyl (C=O) groups is 1. The lowest BCUT2D eigenvalue weighted by atomic mass is 10.0. The van der Waals surface area contributed by atoms with Gasteiger partial charge in [-0.2, -0.15) is 0 Å². The summed E-state index contributed by atoms with van der Waals surface area (Å²) in [5.41, 5.74) is 0. The molecule has 0 saturated heterocycles. The van der Waals surface area contributed by atoms with Crippen LogP contribution >= 0.6 is 12.4 Å². The first-order valence-corrected chi connectivity index (χ1v) is 6.93. The molecule has 0 radical (unpaired) electrons. The average Bonchev–Trinajstić information content (AvgIpc) is 2.44. The maximum absolute atomic E-state index is 11.3. The highest BCUT2D eigenvalue weighted by atomic mass is 35.5. The summed E-state index contributed by atoms with van der Waals surface area (Å²) in [5, 5.41) is 3.18. The van der Waals surface area contributed by atoms with Crippen molar-refractivity contribution in [2.75, 3.05) is 13.7 Å². The monoisotopic (exact) mass is 301 g/mol. The SMILES string of the molecule is CCCNC(CC(C)C)C(=O)OC.Cl.c1ccccc1. The van der Waals surface area contributed by atoms with E-state index in [1.807, 2.05) is 36.4 Å². The highest BCUT2D eigenvalue weighted by Crippen LogP contribution is 2.05. The Bertz CT molecular complexity index is 291. The lowest BCUT2D eigenvalue weighted by molar-refractivity contribution is -0.143. The largest absolute Gasteiger partial charge is 0.468 e. The van der Waals surface area contributed by atoms with Gasteiger partial charge in [0.15, 0.2) is 0 Å². The lowest BCUT2D eigenvalue weighted by Crippen LogP contribution is -2.39. The predicted octanol–water partition coefficient (Wildman–Crippen LogP) is 3.68. The summed E-state index contributed by atoms with van der Waals surface area (Å²) in [6.07, 6.45) is 1.87. The van der Waals surface area contributed by atoms with Gasteiger partial charge in [-0.25, -0.2) is 0 Å². The van der Waals surface area contributed by atoms with E-state index in [0.717, 1.165) is 19.4 Å². The van der Waals surface area contributed by atoms with Gasteiger partial charge in [0.25, 0.3) is 0 Å². The first-order valence-electron chi connectivity index (χ1n) is 6.93. The van der Waals surface area contributed by atoms with Crippen molar-refractivity contribution in [3.05, 3.63) is 36.4 Å². The van der Waals surface area contributed by atoms with Crippen LogP contribution < -0.4 is 5.32 Å². The molecule has 0 aliphatic heterocycles. The molecule has 0 spiro atoms. The normalized spacial score (nSPS) is 10.8. The van der Waals surface area contributed by atoms with Crippen molar-refractivity contribution in [3.8, 4) is 0 Å². The van der Waals surface area contributed by atoms with Crippen LogP contribution in [-0.2, 0) is 9.53 Å². The molecule has 0 heterocycles. The zero-order chi connectivity index (χ0) is 14.5. The Kier molecular flexibility index (Phi) is 15.2. The Morgan fingerprint density at radius 3 is 1.85 bits per heavy atom. The highest BCUT2D eigenvalue weighted by molar-refractivity contribution is 5.85. The number of hydrogen-bond donors (Lipinski definition) is 1. The molecule has 0 saturated carbocycles. The standard InChI is InChI=1S/C10H21NO2.C6H6.ClH/c1-5-6-11-9(7-8(2)3)10(12)13-4;1-2-4-6-5-3-1;/h8-9,11H,5-7H2,1-4H3;1-6H;1H. The summed E-state index contributed by atoms with van der Waals surface area (Å²) < 4.78 is 4.71. The minimum atomic E-state index is -0.151. The first kappa shape index (κ1) is 21.2. The van der Waals surface area contributed by atoms with Gasteiger partial charge in [-0.15, -0.1) is 12.4 Å². The summed E-state index contributed by atoms with van der Waals surface area (Å²) in [4.78, 5) is 11.3. The van der Waals surface area contributed by atoms with Gasteiger partial charge in [0, 0.05) is 0 Å². The van der Waals surface area contributed by atoms with Crippen LogP contribution in [0, 0.1) is 5.92 Å². The Labute approximate surface area is 129 Å². The minimum Gasteiger partial charge on any atom is -0.468 e. The summed E-state index contributed by atoms with van der Waals surface area (Å²) in [5.74, 6) is 0.357. The molecular weight excluding hydrogens is 274 g/mol. The second kappa shape index (κ2) is 14.4. The molecule has 0 fully saturated rings. The van der Waals surface area contributed by atoms with E-state index < -0.39 is 0 Å². The van der Waals surface area contributed by atoms with Crippen LogP contribution in [-0.4, -0.2) is 25.7 Å². The van der Waals surface area contributed by atoms with Crippen molar-refractivity contribution in [1.82, 2.24) is 5.32 Å². The third-order valence-electron chi connectivity index (χ3n) is 2.50. The Morgan fingerprint density at radius 2 is 1.55 bits per heavy atom. The Balaban J connectivity index is 0. The zero-order valence-corrected chi connectivity index (χ0v) is 13.8. The molecule has 3 nitrogen and oxygen atoms in total. The van der Waals surface area contributed by atoms with Crippen LogP contribution in [0.1, 0.15) is 33.6 Å². The third-order valence-corrected chi connectivity index (χ3v) is 2.50. The maximum atomic E-state index is 11.3. The summed E-state index contributed by atoms with van der Waals surface area (Å²) >= 11 is 0. The van der Waals surface area contributed by atoms with E-state index in [0.29, 0.717) is 5.92 Å². The molecule has 0 aliphatic rings. The zero-order valence-electron chi connectivity index (χ0n) is 13.0. The molecule has 0 aromatic heterocycles. The molecule has 0 amide bonds. The first-order chi connectivity index (χ1) is 9.11. The molecule has 116 valence electrons. The van der Waals surface area contributed by atoms with Gasteiger partial charge in [-0.05, 0) is 25.3 Å². The van der Waals surface area contributed by atoms with E-state index in [-0.39, 0.29) is 24.4 Å². The van der Waals surface area contributed by atoms with Crippen LogP contribution in [0.3, 0.4) is 0 Å². The average molecular weight is 302 g/mol. The van der Waals surface area contributed by atoms with Gasteiger partial charge in [0.05, 0.1) is 7.11 Å². The van der Waals surface area contributed by atoms with Crippen LogP contribution in [0.15, 0.2) is 36.4 Å². The smallest absolute Gasteiger partial charge is 0.322 e. The molecule has 1 unspecified atom stereocenters. The van der Waals surface area contributed by atoms with E-state index in [2.05, 4.69) is 26.1 Å². The molecule has 1 aromatic carbocycles. The topological polar surface area (TPSA) is 38.3 Å². The Morgan fingerprint density at radius 1 is 1.10 bits per heavy atom. The molecule has 20 heavy (non-hydrogen) atoms. The van der Waals surface area contributed by atoms with Gasteiger partial charge in [-0.1, -0.05) is 57.2 Å². The molecular formula is C16H28ClNO2.